The summed E-state index contributed by atoms with van der Waals surface area (Å²) >= 11 is 2.87. The van der Waals surface area contributed by atoms with Gasteiger partial charge in [0, 0.05) is 11.7 Å². The second kappa shape index (κ2) is 9.41. The van der Waals surface area contributed by atoms with E-state index in [1.165, 1.54) is 35.9 Å². The first-order valence-electron chi connectivity index (χ1n) is 9.22. The maximum Gasteiger partial charge on any atom is 0.230 e. The van der Waals surface area contributed by atoms with Crippen molar-refractivity contribution in [2.24, 2.45) is 11.8 Å². The standard InChI is InChI=1S/C19H26N4O2S2/c1-12-5-4-6-16(13(12)2)21-17(24)11-26-19-23-22-18(27-19)20-14-7-9-15(25-3)10-8-14/h7-10,12-13,16H,4-6,11H2,1-3H3,(H,20,22)(H,21,24)/t12-,13+,16-/m0/s1. The molecular formula is C19H26N4O2S2. The number of methoxy groups -OCH3 is 1. The summed E-state index contributed by atoms with van der Waals surface area (Å²) in [6, 6.07) is 7.91. The second-order valence-electron chi connectivity index (χ2n) is 6.96. The number of carbonyl (C=O) groups is 1. The molecule has 8 heteroatoms. The van der Waals surface area contributed by atoms with Gasteiger partial charge in [-0.25, -0.2) is 0 Å². The van der Waals surface area contributed by atoms with Crippen LogP contribution in [0.5, 0.6) is 5.75 Å². The predicted octanol–water partition coefficient (Wildman–Crippen LogP) is 4.32. The van der Waals surface area contributed by atoms with Crippen molar-refractivity contribution in [3.05, 3.63) is 24.3 Å². The Morgan fingerprint density at radius 2 is 2.04 bits per heavy atom. The van der Waals surface area contributed by atoms with Crippen LogP contribution in [0.25, 0.3) is 0 Å². The van der Waals surface area contributed by atoms with E-state index in [0.717, 1.165) is 22.2 Å². The lowest BCUT2D eigenvalue weighted by atomic mass is 9.78. The highest BCUT2D eigenvalue weighted by atomic mass is 32.2. The van der Waals surface area contributed by atoms with Crippen molar-refractivity contribution in [3.8, 4) is 5.75 Å². The summed E-state index contributed by atoms with van der Waals surface area (Å²) in [5.74, 6) is 2.46. The summed E-state index contributed by atoms with van der Waals surface area (Å²) in [7, 11) is 1.64. The van der Waals surface area contributed by atoms with E-state index in [4.69, 9.17) is 4.74 Å². The van der Waals surface area contributed by atoms with Crippen LogP contribution in [0.2, 0.25) is 0 Å². The summed E-state index contributed by atoms with van der Waals surface area (Å²) < 4.78 is 5.93. The van der Waals surface area contributed by atoms with E-state index >= 15 is 0 Å². The third-order valence-corrected chi connectivity index (χ3v) is 7.10. The maximum atomic E-state index is 12.3. The number of aromatic nitrogens is 2. The van der Waals surface area contributed by atoms with Crippen LogP contribution in [0.15, 0.2) is 28.6 Å². The SMILES string of the molecule is COc1ccc(Nc2nnc(SCC(=O)N[C@H]3CCC[C@H](C)[C@H]3C)s2)cc1. The zero-order chi connectivity index (χ0) is 19.2. The Morgan fingerprint density at radius 1 is 1.26 bits per heavy atom. The molecule has 2 aromatic rings. The Balaban J connectivity index is 1.46. The highest BCUT2D eigenvalue weighted by Crippen LogP contribution is 2.30. The van der Waals surface area contributed by atoms with E-state index < -0.39 is 0 Å². The fraction of sp³-hybridized carbons (Fsp3) is 0.526. The number of hydrogen-bond acceptors (Lipinski definition) is 7. The molecule has 0 unspecified atom stereocenters. The van der Waals surface area contributed by atoms with E-state index in [2.05, 4.69) is 34.7 Å². The van der Waals surface area contributed by atoms with Gasteiger partial charge in [-0.05, 0) is 42.5 Å². The lowest BCUT2D eigenvalue weighted by Gasteiger charge is -2.34. The molecule has 1 aromatic heterocycles. The number of thioether (sulfide) groups is 1. The first-order chi connectivity index (χ1) is 13.0. The fourth-order valence-electron chi connectivity index (χ4n) is 3.28. The zero-order valence-corrected chi connectivity index (χ0v) is 17.5. The monoisotopic (exact) mass is 406 g/mol. The first kappa shape index (κ1) is 19.9. The zero-order valence-electron chi connectivity index (χ0n) is 15.9. The number of nitrogens with one attached hydrogen (secondary N) is 2. The van der Waals surface area contributed by atoms with Crippen LogP contribution in [0, 0.1) is 11.8 Å². The van der Waals surface area contributed by atoms with Crippen LogP contribution in [0.3, 0.4) is 0 Å². The van der Waals surface area contributed by atoms with Crippen molar-refractivity contribution in [2.75, 3.05) is 18.2 Å². The van der Waals surface area contributed by atoms with E-state index in [9.17, 15) is 4.79 Å². The third kappa shape index (κ3) is 5.59. The fourth-order valence-corrected chi connectivity index (χ4v) is 4.86. The molecule has 1 saturated carbocycles. The van der Waals surface area contributed by atoms with Gasteiger partial charge in [-0.1, -0.05) is 49.8 Å². The van der Waals surface area contributed by atoms with Crippen LogP contribution >= 0.6 is 23.1 Å². The molecule has 0 aliphatic heterocycles. The number of hydrogen-bond donors (Lipinski definition) is 2. The molecule has 1 aliphatic carbocycles. The van der Waals surface area contributed by atoms with E-state index in [-0.39, 0.29) is 5.91 Å². The van der Waals surface area contributed by atoms with Crippen LogP contribution in [0.4, 0.5) is 10.8 Å². The molecule has 27 heavy (non-hydrogen) atoms. The lowest BCUT2D eigenvalue weighted by molar-refractivity contribution is -0.119. The number of ether oxygens (including phenoxy) is 1. The van der Waals surface area contributed by atoms with Gasteiger partial charge in [0.2, 0.25) is 11.0 Å². The minimum absolute atomic E-state index is 0.0748. The summed E-state index contributed by atoms with van der Waals surface area (Å²) in [6.07, 6.45) is 3.54. The van der Waals surface area contributed by atoms with E-state index in [0.29, 0.717) is 28.8 Å². The Kier molecular flexibility index (Phi) is 6.95. The predicted molar refractivity (Wildman–Crippen MR) is 111 cm³/mol. The number of anilines is 2. The molecular weight excluding hydrogens is 380 g/mol. The van der Waals surface area contributed by atoms with Gasteiger partial charge in [0.25, 0.3) is 0 Å². The van der Waals surface area contributed by atoms with E-state index in [1.54, 1.807) is 7.11 Å². The van der Waals surface area contributed by atoms with Crippen molar-refractivity contribution in [1.82, 2.24) is 15.5 Å². The smallest absolute Gasteiger partial charge is 0.230 e. The van der Waals surface area contributed by atoms with Crippen molar-refractivity contribution in [3.63, 3.8) is 0 Å². The molecule has 2 N–H and O–H groups in total. The van der Waals surface area contributed by atoms with Gasteiger partial charge in [-0.2, -0.15) is 0 Å². The Hall–Kier alpha value is -1.80. The molecule has 0 spiro atoms. The van der Waals surface area contributed by atoms with Gasteiger partial charge in [-0.15, -0.1) is 10.2 Å². The maximum absolute atomic E-state index is 12.3. The molecule has 3 rings (SSSR count). The summed E-state index contributed by atoms with van der Waals surface area (Å²) in [4.78, 5) is 12.3. The van der Waals surface area contributed by atoms with Gasteiger partial charge >= 0.3 is 0 Å². The normalized spacial score (nSPS) is 22.3. The van der Waals surface area contributed by atoms with Gasteiger partial charge in [0.15, 0.2) is 4.34 Å². The topological polar surface area (TPSA) is 76.1 Å². The van der Waals surface area contributed by atoms with E-state index in [1.807, 2.05) is 24.3 Å². The number of carbonyl (C=O) groups excluding carboxylic acids is 1. The average molecular weight is 407 g/mol. The minimum atomic E-state index is 0.0748. The van der Waals surface area contributed by atoms with Crippen molar-refractivity contribution in [1.29, 1.82) is 0 Å². The molecule has 3 atom stereocenters. The van der Waals surface area contributed by atoms with Crippen molar-refractivity contribution < 1.29 is 9.53 Å². The number of benzene rings is 1. The third-order valence-electron chi connectivity index (χ3n) is 5.13. The molecule has 0 radical (unpaired) electrons. The highest BCUT2D eigenvalue weighted by Gasteiger charge is 2.28. The largest absolute Gasteiger partial charge is 0.497 e. The average Bonchev–Trinajstić information content (AvgIpc) is 3.12. The van der Waals surface area contributed by atoms with Crippen molar-refractivity contribution >= 4 is 39.8 Å². The molecule has 1 aromatic carbocycles. The van der Waals surface area contributed by atoms with Crippen molar-refractivity contribution in [2.45, 2.75) is 43.5 Å². The van der Waals surface area contributed by atoms with Crippen LogP contribution in [-0.2, 0) is 4.79 Å². The number of nitrogens with zero attached hydrogens (tertiary/aromatic N) is 2. The second-order valence-corrected chi connectivity index (χ2v) is 9.16. The van der Waals surface area contributed by atoms with Gasteiger partial charge in [-0.3, -0.25) is 4.79 Å². The molecule has 146 valence electrons. The molecule has 1 fully saturated rings. The Morgan fingerprint density at radius 3 is 2.78 bits per heavy atom. The minimum Gasteiger partial charge on any atom is -0.497 e. The molecule has 6 nitrogen and oxygen atoms in total. The van der Waals surface area contributed by atoms with Crippen LogP contribution in [0.1, 0.15) is 33.1 Å². The molecule has 1 aliphatic rings. The quantitative estimate of drug-likeness (QED) is 0.667. The highest BCUT2D eigenvalue weighted by molar-refractivity contribution is 8.01. The van der Waals surface area contributed by atoms with Crippen LogP contribution in [-0.4, -0.2) is 35.0 Å². The summed E-state index contributed by atoms with van der Waals surface area (Å²) in [6.45, 7) is 4.51. The summed E-state index contributed by atoms with van der Waals surface area (Å²) in [5, 5.41) is 15.4. The van der Waals surface area contributed by atoms with Gasteiger partial charge < -0.3 is 15.4 Å². The number of amides is 1. The van der Waals surface area contributed by atoms with Gasteiger partial charge in [0.05, 0.1) is 12.9 Å². The molecule has 1 amide bonds. The Labute approximate surface area is 168 Å². The van der Waals surface area contributed by atoms with Gasteiger partial charge in [0.1, 0.15) is 5.75 Å². The molecule has 1 heterocycles. The van der Waals surface area contributed by atoms with Crippen LogP contribution < -0.4 is 15.4 Å². The summed E-state index contributed by atoms with van der Waals surface area (Å²) in [5.41, 5.74) is 0.918. The Bertz CT molecular complexity index is 750. The first-order valence-corrected chi connectivity index (χ1v) is 11.0. The molecule has 0 saturated heterocycles. The number of rotatable bonds is 7. The molecule has 0 bridgehead atoms. The lowest BCUT2D eigenvalue weighted by Crippen LogP contribution is -2.44.